The molecule has 0 saturated heterocycles. The van der Waals surface area contributed by atoms with E-state index in [1.54, 1.807) is 43.5 Å². The fourth-order valence-electron chi connectivity index (χ4n) is 2.44. The van der Waals surface area contributed by atoms with Gasteiger partial charge in [0.2, 0.25) is 0 Å². The van der Waals surface area contributed by atoms with Gasteiger partial charge < -0.3 is 14.8 Å². The first-order valence-corrected chi connectivity index (χ1v) is 9.35. The van der Waals surface area contributed by atoms with Crippen molar-refractivity contribution in [1.29, 1.82) is 0 Å². The summed E-state index contributed by atoms with van der Waals surface area (Å²) < 4.78 is 11.6. The fraction of sp³-hybridized carbons (Fsp3) is 0.0952. The van der Waals surface area contributed by atoms with E-state index in [1.165, 1.54) is 0 Å². The average Bonchev–Trinajstić information content (AvgIpc) is 2.68. The quantitative estimate of drug-likeness (QED) is 0.509. The van der Waals surface area contributed by atoms with E-state index in [0.29, 0.717) is 38.9 Å². The smallest absolute Gasteiger partial charge is 0.255 e. The second-order valence-corrected chi connectivity index (χ2v) is 6.98. The maximum atomic E-state index is 12.5. The molecule has 0 saturated carbocycles. The lowest BCUT2D eigenvalue weighted by Gasteiger charge is -2.11. The van der Waals surface area contributed by atoms with E-state index in [1.807, 2.05) is 30.3 Å². The van der Waals surface area contributed by atoms with Crippen LogP contribution in [0, 0.1) is 0 Å². The topological polar surface area (TPSA) is 47.6 Å². The summed E-state index contributed by atoms with van der Waals surface area (Å²) in [5.74, 6) is 0.978. The molecule has 0 aliphatic carbocycles. The standard InChI is InChI=1S/C21H17BrClNO3/c1-26-20-10-8-16(12-18(20)23)24-21(25)15-7-9-19(17(22)11-15)27-13-14-5-3-2-4-6-14/h2-12H,13H2,1H3,(H,24,25). The predicted octanol–water partition coefficient (Wildman–Crippen LogP) is 5.94. The van der Waals surface area contributed by atoms with Gasteiger partial charge in [-0.15, -0.1) is 0 Å². The number of amides is 1. The van der Waals surface area contributed by atoms with E-state index in [4.69, 9.17) is 21.1 Å². The first kappa shape index (κ1) is 19.3. The lowest BCUT2D eigenvalue weighted by molar-refractivity contribution is 0.102. The Kier molecular flexibility index (Phi) is 6.37. The van der Waals surface area contributed by atoms with Crippen LogP contribution >= 0.6 is 27.5 Å². The molecule has 0 unspecified atom stereocenters. The van der Waals surface area contributed by atoms with Crippen LogP contribution in [0.25, 0.3) is 0 Å². The van der Waals surface area contributed by atoms with Crippen molar-refractivity contribution in [3.8, 4) is 11.5 Å². The minimum absolute atomic E-state index is 0.244. The van der Waals surface area contributed by atoms with E-state index in [-0.39, 0.29) is 5.91 Å². The summed E-state index contributed by atoms with van der Waals surface area (Å²) >= 11 is 9.55. The van der Waals surface area contributed by atoms with Gasteiger partial charge in [0.05, 0.1) is 16.6 Å². The van der Waals surface area contributed by atoms with Gasteiger partial charge in [-0.05, 0) is 57.9 Å². The summed E-state index contributed by atoms with van der Waals surface area (Å²) in [5.41, 5.74) is 2.16. The number of ether oxygens (including phenoxy) is 2. The number of halogens is 2. The van der Waals surface area contributed by atoms with Crippen LogP contribution in [0.2, 0.25) is 5.02 Å². The molecule has 0 bridgehead atoms. The van der Waals surface area contributed by atoms with Crippen LogP contribution in [0.5, 0.6) is 11.5 Å². The molecule has 0 fully saturated rings. The molecule has 138 valence electrons. The molecule has 4 nitrogen and oxygen atoms in total. The Labute approximate surface area is 171 Å². The molecule has 1 amide bonds. The van der Waals surface area contributed by atoms with Gasteiger partial charge in [0.1, 0.15) is 18.1 Å². The third-order valence-electron chi connectivity index (χ3n) is 3.84. The Morgan fingerprint density at radius 1 is 1.04 bits per heavy atom. The number of carbonyl (C=O) groups is 1. The van der Waals surface area contributed by atoms with Crippen LogP contribution in [0.1, 0.15) is 15.9 Å². The van der Waals surface area contributed by atoms with Crippen LogP contribution in [0.4, 0.5) is 5.69 Å². The third-order valence-corrected chi connectivity index (χ3v) is 4.76. The molecular weight excluding hydrogens is 430 g/mol. The maximum absolute atomic E-state index is 12.5. The molecular formula is C21H17BrClNO3. The van der Waals surface area contributed by atoms with Crippen molar-refractivity contribution in [1.82, 2.24) is 0 Å². The molecule has 0 aromatic heterocycles. The molecule has 3 aromatic carbocycles. The monoisotopic (exact) mass is 445 g/mol. The van der Waals surface area contributed by atoms with Gasteiger partial charge in [-0.2, -0.15) is 0 Å². The largest absolute Gasteiger partial charge is 0.495 e. The van der Waals surface area contributed by atoms with Crippen molar-refractivity contribution in [3.05, 3.63) is 87.4 Å². The highest BCUT2D eigenvalue weighted by molar-refractivity contribution is 9.10. The van der Waals surface area contributed by atoms with Gasteiger partial charge in [-0.3, -0.25) is 4.79 Å². The van der Waals surface area contributed by atoms with Crippen molar-refractivity contribution in [2.75, 3.05) is 12.4 Å². The summed E-state index contributed by atoms with van der Waals surface area (Å²) in [7, 11) is 1.54. The molecule has 0 aliphatic heterocycles. The summed E-state index contributed by atoms with van der Waals surface area (Å²) in [5, 5.41) is 3.25. The molecule has 0 atom stereocenters. The maximum Gasteiger partial charge on any atom is 0.255 e. The Bertz CT molecular complexity index is 947. The van der Waals surface area contributed by atoms with Gasteiger partial charge >= 0.3 is 0 Å². The second-order valence-electron chi connectivity index (χ2n) is 5.72. The minimum atomic E-state index is -0.244. The number of carbonyl (C=O) groups excluding carboxylic acids is 1. The zero-order chi connectivity index (χ0) is 19.2. The zero-order valence-electron chi connectivity index (χ0n) is 14.5. The normalized spacial score (nSPS) is 10.3. The highest BCUT2D eigenvalue weighted by atomic mass is 79.9. The Hall–Kier alpha value is -2.50. The molecule has 0 spiro atoms. The van der Waals surface area contributed by atoms with Crippen LogP contribution in [-0.4, -0.2) is 13.0 Å². The van der Waals surface area contributed by atoms with Crippen molar-refractivity contribution in [3.63, 3.8) is 0 Å². The molecule has 3 aromatic rings. The van der Waals surface area contributed by atoms with Crippen molar-refractivity contribution in [2.45, 2.75) is 6.61 Å². The van der Waals surface area contributed by atoms with Crippen LogP contribution in [-0.2, 0) is 6.61 Å². The van der Waals surface area contributed by atoms with Crippen LogP contribution in [0.15, 0.2) is 71.2 Å². The number of anilines is 1. The summed E-state index contributed by atoms with van der Waals surface area (Å²) in [4.78, 5) is 12.5. The average molecular weight is 447 g/mol. The number of methoxy groups -OCH3 is 1. The first-order chi connectivity index (χ1) is 13.1. The molecule has 0 radical (unpaired) electrons. The Morgan fingerprint density at radius 3 is 2.44 bits per heavy atom. The van der Waals surface area contributed by atoms with Crippen molar-refractivity contribution >= 4 is 39.1 Å². The lowest BCUT2D eigenvalue weighted by atomic mass is 10.2. The van der Waals surface area contributed by atoms with Crippen LogP contribution in [0.3, 0.4) is 0 Å². The zero-order valence-corrected chi connectivity index (χ0v) is 16.9. The summed E-state index contributed by atoms with van der Waals surface area (Å²) in [6, 6.07) is 20.2. The summed E-state index contributed by atoms with van der Waals surface area (Å²) in [6.07, 6.45) is 0. The number of rotatable bonds is 6. The highest BCUT2D eigenvalue weighted by Crippen LogP contribution is 2.29. The van der Waals surface area contributed by atoms with Gasteiger partial charge in [0.15, 0.2) is 0 Å². The second kappa shape index (κ2) is 8.93. The Balaban J connectivity index is 1.67. The SMILES string of the molecule is COc1ccc(NC(=O)c2ccc(OCc3ccccc3)c(Br)c2)cc1Cl. The minimum Gasteiger partial charge on any atom is -0.495 e. The number of nitrogens with one attached hydrogen (secondary N) is 1. The highest BCUT2D eigenvalue weighted by Gasteiger charge is 2.11. The van der Waals surface area contributed by atoms with Crippen molar-refractivity contribution < 1.29 is 14.3 Å². The van der Waals surface area contributed by atoms with Gasteiger partial charge in [0.25, 0.3) is 5.91 Å². The fourth-order valence-corrected chi connectivity index (χ4v) is 3.19. The number of benzene rings is 3. The van der Waals surface area contributed by atoms with E-state index in [9.17, 15) is 4.79 Å². The molecule has 1 N–H and O–H groups in total. The van der Waals surface area contributed by atoms with Crippen LogP contribution < -0.4 is 14.8 Å². The van der Waals surface area contributed by atoms with E-state index in [2.05, 4.69) is 21.2 Å². The predicted molar refractivity (Wildman–Crippen MR) is 111 cm³/mol. The summed E-state index contributed by atoms with van der Waals surface area (Å²) in [6.45, 7) is 0.454. The Morgan fingerprint density at radius 2 is 1.78 bits per heavy atom. The van der Waals surface area contributed by atoms with E-state index in [0.717, 1.165) is 5.56 Å². The number of hydrogen-bond donors (Lipinski definition) is 1. The molecule has 0 aliphatic rings. The molecule has 27 heavy (non-hydrogen) atoms. The molecule has 3 rings (SSSR count). The van der Waals surface area contributed by atoms with E-state index >= 15 is 0 Å². The first-order valence-electron chi connectivity index (χ1n) is 8.18. The van der Waals surface area contributed by atoms with Gasteiger partial charge in [-0.25, -0.2) is 0 Å². The number of hydrogen-bond acceptors (Lipinski definition) is 3. The molecule has 6 heteroatoms. The van der Waals surface area contributed by atoms with Gasteiger partial charge in [-0.1, -0.05) is 41.9 Å². The lowest BCUT2D eigenvalue weighted by Crippen LogP contribution is -2.12. The van der Waals surface area contributed by atoms with Gasteiger partial charge in [0, 0.05) is 11.3 Å². The molecule has 0 heterocycles. The third kappa shape index (κ3) is 5.02. The van der Waals surface area contributed by atoms with E-state index < -0.39 is 0 Å². The van der Waals surface area contributed by atoms with Crippen molar-refractivity contribution in [2.24, 2.45) is 0 Å².